The van der Waals surface area contributed by atoms with Crippen molar-refractivity contribution in [3.05, 3.63) is 29.8 Å². The van der Waals surface area contributed by atoms with Crippen LogP contribution >= 0.6 is 0 Å². The molecule has 2 rings (SSSR count). The minimum absolute atomic E-state index is 0.0724. The minimum atomic E-state index is -3.49. The van der Waals surface area contributed by atoms with Gasteiger partial charge in [-0.15, -0.1) is 0 Å². The first-order chi connectivity index (χ1) is 8.95. The number of hydrogen-bond acceptors (Lipinski definition) is 4. The molecule has 0 radical (unpaired) electrons. The lowest BCUT2D eigenvalue weighted by Crippen LogP contribution is -2.56. The highest BCUT2D eigenvalue weighted by Crippen LogP contribution is 2.20. The van der Waals surface area contributed by atoms with Crippen LogP contribution < -0.4 is 5.32 Å². The van der Waals surface area contributed by atoms with Gasteiger partial charge in [0.15, 0.2) is 0 Å². The predicted octanol–water partition coefficient (Wildman–Crippen LogP) is 0.929. The van der Waals surface area contributed by atoms with Gasteiger partial charge in [-0.3, -0.25) is 0 Å². The average Bonchev–Trinajstić information content (AvgIpc) is 2.41. The maximum atomic E-state index is 12.6. The minimum Gasteiger partial charge on any atom is -0.311 e. The summed E-state index contributed by atoms with van der Waals surface area (Å²) in [6.45, 7) is 4.97. The Bertz CT molecular complexity index is 589. The smallest absolute Gasteiger partial charge is 0.243 e. The summed E-state index contributed by atoms with van der Waals surface area (Å²) in [5.74, 6) is 0. The number of rotatable bonds is 2. The molecule has 5 nitrogen and oxygen atoms in total. The first kappa shape index (κ1) is 14.0. The number of sulfonamides is 1. The Labute approximate surface area is 113 Å². The van der Waals surface area contributed by atoms with E-state index in [4.69, 9.17) is 5.26 Å². The van der Waals surface area contributed by atoms with Crippen molar-refractivity contribution in [1.29, 1.82) is 5.26 Å². The van der Waals surface area contributed by atoms with Gasteiger partial charge >= 0.3 is 0 Å². The Balaban J connectivity index is 2.33. The van der Waals surface area contributed by atoms with Gasteiger partial charge in [0.1, 0.15) is 0 Å². The Morgan fingerprint density at radius 2 is 1.95 bits per heavy atom. The predicted molar refractivity (Wildman–Crippen MR) is 72.0 cm³/mol. The van der Waals surface area contributed by atoms with Crippen LogP contribution in [0, 0.1) is 11.3 Å². The van der Waals surface area contributed by atoms with E-state index in [-0.39, 0.29) is 17.0 Å². The number of hydrogen-bond donors (Lipinski definition) is 1. The third-order valence-electron chi connectivity index (χ3n) is 3.30. The van der Waals surface area contributed by atoms with E-state index in [9.17, 15) is 8.42 Å². The summed E-state index contributed by atoms with van der Waals surface area (Å²) in [6.07, 6.45) is 0. The molecule has 0 saturated carbocycles. The fraction of sp³-hybridized carbons (Fsp3) is 0.462. The van der Waals surface area contributed by atoms with E-state index in [1.165, 1.54) is 28.6 Å². The summed E-state index contributed by atoms with van der Waals surface area (Å²) in [5, 5.41) is 12.0. The first-order valence-electron chi connectivity index (χ1n) is 6.20. The van der Waals surface area contributed by atoms with Gasteiger partial charge in [-0.25, -0.2) is 8.42 Å². The van der Waals surface area contributed by atoms with Gasteiger partial charge in [-0.05, 0) is 38.1 Å². The van der Waals surface area contributed by atoms with Crippen molar-refractivity contribution in [1.82, 2.24) is 9.62 Å². The number of nitriles is 1. The van der Waals surface area contributed by atoms with Gasteiger partial charge in [0, 0.05) is 25.2 Å². The normalized spacial score (nSPS) is 24.9. The number of nitrogens with one attached hydrogen (secondary N) is 1. The molecule has 2 unspecified atom stereocenters. The van der Waals surface area contributed by atoms with Crippen LogP contribution in [0.1, 0.15) is 19.4 Å². The van der Waals surface area contributed by atoms with E-state index < -0.39 is 10.0 Å². The standard InChI is InChI=1S/C13H17N3O2S/c1-10-9-16(11(2)8-15-10)19(17,18)13-5-3-12(7-14)4-6-13/h3-6,10-11,15H,8-9H2,1-2H3. The topological polar surface area (TPSA) is 73.2 Å². The molecule has 6 heteroatoms. The molecule has 1 N–H and O–H groups in total. The largest absolute Gasteiger partial charge is 0.311 e. The zero-order valence-corrected chi connectivity index (χ0v) is 11.8. The molecular weight excluding hydrogens is 262 g/mol. The first-order valence-corrected chi connectivity index (χ1v) is 7.64. The molecule has 0 amide bonds. The molecular formula is C13H17N3O2S. The molecule has 1 aliphatic heterocycles. The lowest BCUT2D eigenvalue weighted by atomic mass is 10.2. The fourth-order valence-corrected chi connectivity index (χ4v) is 3.88. The van der Waals surface area contributed by atoms with Crippen LogP contribution in [0.15, 0.2) is 29.2 Å². The molecule has 1 aromatic rings. The molecule has 1 aliphatic rings. The van der Waals surface area contributed by atoms with Crippen LogP contribution in [0.3, 0.4) is 0 Å². The molecule has 19 heavy (non-hydrogen) atoms. The van der Waals surface area contributed by atoms with Crippen molar-refractivity contribution in [3.8, 4) is 6.07 Å². The summed E-state index contributed by atoms with van der Waals surface area (Å²) >= 11 is 0. The second kappa shape index (κ2) is 5.29. The number of benzene rings is 1. The molecule has 1 aromatic carbocycles. The summed E-state index contributed by atoms with van der Waals surface area (Å²) in [5.41, 5.74) is 0.459. The van der Waals surface area contributed by atoms with Crippen LogP contribution in [0.2, 0.25) is 0 Å². The SMILES string of the molecule is CC1CN(S(=O)(=O)c2ccc(C#N)cc2)C(C)CN1. The Morgan fingerprint density at radius 1 is 1.32 bits per heavy atom. The number of nitrogens with zero attached hydrogens (tertiary/aromatic N) is 2. The van der Waals surface area contributed by atoms with Crippen LogP contribution in [0.4, 0.5) is 0 Å². The van der Waals surface area contributed by atoms with E-state index in [0.717, 1.165) is 0 Å². The Morgan fingerprint density at radius 3 is 2.53 bits per heavy atom. The van der Waals surface area contributed by atoms with Crippen LogP contribution in [-0.4, -0.2) is 37.9 Å². The van der Waals surface area contributed by atoms with E-state index in [2.05, 4.69) is 5.32 Å². The maximum Gasteiger partial charge on any atom is 0.243 e. The van der Waals surface area contributed by atoms with Crippen LogP contribution in [0.5, 0.6) is 0 Å². The molecule has 102 valence electrons. The second-order valence-electron chi connectivity index (χ2n) is 4.87. The zero-order valence-electron chi connectivity index (χ0n) is 11.0. The third-order valence-corrected chi connectivity index (χ3v) is 5.29. The molecule has 1 fully saturated rings. The monoisotopic (exact) mass is 279 g/mol. The van der Waals surface area contributed by atoms with E-state index >= 15 is 0 Å². The molecule has 0 bridgehead atoms. The number of piperazine rings is 1. The van der Waals surface area contributed by atoms with Crippen LogP contribution in [0.25, 0.3) is 0 Å². The summed E-state index contributed by atoms with van der Waals surface area (Å²) < 4.78 is 26.6. The van der Waals surface area contributed by atoms with Gasteiger partial charge in [0.25, 0.3) is 0 Å². The van der Waals surface area contributed by atoms with Gasteiger partial charge in [-0.1, -0.05) is 0 Å². The molecule has 0 spiro atoms. The highest BCUT2D eigenvalue weighted by Gasteiger charge is 2.33. The highest BCUT2D eigenvalue weighted by molar-refractivity contribution is 7.89. The van der Waals surface area contributed by atoms with E-state index in [0.29, 0.717) is 18.7 Å². The lowest BCUT2D eigenvalue weighted by molar-refractivity contribution is 0.244. The second-order valence-corrected chi connectivity index (χ2v) is 6.76. The molecule has 1 saturated heterocycles. The summed E-state index contributed by atoms with van der Waals surface area (Å²) in [6, 6.07) is 8.10. The van der Waals surface area contributed by atoms with Crippen LogP contribution in [-0.2, 0) is 10.0 Å². The zero-order chi connectivity index (χ0) is 14.0. The van der Waals surface area contributed by atoms with E-state index in [1.54, 1.807) is 0 Å². The van der Waals surface area contributed by atoms with Gasteiger partial charge in [0.2, 0.25) is 10.0 Å². The van der Waals surface area contributed by atoms with Crippen molar-refractivity contribution >= 4 is 10.0 Å². The average molecular weight is 279 g/mol. The summed E-state index contributed by atoms with van der Waals surface area (Å²) in [4.78, 5) is 0.243. The quantitative estimate of drug-likeness (QED) is 0.874. The Kier molecular flexibility index (Phi) is 3.90. The van der Waals surface area contributed by atoms with Crippen molar-refractivity contribution in [3.63, 3.8) is 0 Å². The molecule has 2 atom stereocenters. The van der Waals surface area contributed by atoms with Crippen molar-refractivity contribution in [2.45, 2.75) is 30.8 Å². The van der Waals surface area contributed by atoms with Crippen molar-refractivity contribution in [2.75, 3.05) is 13.1 Å². The molecule has 0 aromatic heterocycles. The van der Waals surface area contributed by atoms with Gasteiger partial charge in [-0.2, -0.15) is 9.57 Å². The highest BCUT2D eigenvalue weighted by atomic mass is 32.2. The Hall–Kier alpha value is -1.42. The van der Waals surface area contributed by atoms with Gasteiger partial charge in [0.05, 0.1) is 16.5 Å². The van der Waals surface area contributed by atoms with Crippen molar-refractivity contribution in [2.24, 2.45) is 0 Å². The maximum absolute atomic E-state index is 12.6. The summed E-state index contributed by atoms with van der Waals surface area (Å²) in [7, 11) is -3.49. The lowest BCUT2D eigenvalue weighted by Gasteiger charge is -2.36. The fourth-order valence-electron chi connectivity index (χ4n) is 2.16. The van der Waals surface area contributed by atoms with E-state index in [1.807, 2.05) is 19.9 Å². The van der Waals surface area contributed by atoms with Gasteiger partial charge < -0.3 is 5.32 Å². The molecule has 1 heterocycles. The van der Waals surface area contributed by atoms with Crippen molar-refractivity contribution < 1.29 is 8.42 Å². The molecule has 0 aliphatic carbocycles. The third kappa shape index (κ3) is 2.78.